The van der Waals surface area contributed by atoms with Gasteiger partial charge in [0.1, 0.15) is 5.82 Å². The summed E-state index contributed by atoms with van der Waals surface area (Å²) in [5, 5.41) is 15.9. The lowest BCUT2D eigenvalue weighted by atomic mass is 10.0. The second-order valence-electron chi connectivity index (χ2n) is 10.1. The van der Waals surface area contributed by atoms with E-state index in [9.17, 15) is 10.1 Å². The Kier molecular flexibility index (Phi) is 6.65. The van der Waals surface area contributed by atoms with E-state index in [1.165, 1.54) is 25.9 Å². The molecule has 6 rings (SSSR count). The maximum absolute atomic E-state index is 11.3. The molecule has 0 N–H and O–H groups in total. The fraction of sp³-hybridized carbons (Fsp3) is 0.357. The largest absolute Gasteiger partial charge is 0.367 e. The lowest BCUT2D eigenvalue weighted by Gasteiger charge is -2.43. The quantitative estimate of drug-likeness (QED) is 0.279. The van der Waals surface area contributed by atoms with Crippen molar-refractivity contribution in [2.75, 3.05) is 56.1 Å². The van der Waals surface area contributed by atoms with Crippen LogP contribution in [0, 0.1) is 10.1 Å². The summed E-state index contributed by atoms with van der Waals surface area (Å²) >= 11 is 0. The molecule has 0 bridgehead atoms. The zero-order valence-electron chi connectivity index (χ0n) is 21.6. The number of piperidine rings is 1. The van der Waals surface area contributed by atoms with Crippen LogP contribution in [0.25, 0.3) is 5.65 Å². The molecule has 0 saturated carbocycles. The number of benzene rings is 2. The number of hydrogen-bond donors (Lipinski definition) is 0. The Morgan fingerprint density at radius 2 is 1.63 bits per heavy atom. The molecule has 0 unspecified atom stereocenters. The van der Waals surface area contributed by atoms with Crippen molar-refractivity contribution in [2.45, 2.75) is 18.9 Å². The molecule has 0 amide bonds. The number of nitro groups is 1. The number of nitrogens with zero attached hydrogens (tertiary/aromatic N) is 8. The Hall–Kier alpha value is -4.02. The molecule has 4 heterocycles. The number of fused-ring (bicyclic) bond motifs is 1. The van der Waals surface area contributed by atoms with E-state index in [4.69, 9.17) is 0 Å². The first-order valence-corrected chi connectivity index (χ1v) is 13.2. The maximum Gasteiger partial charge on any atom is 0.269 e. The summed E-state index contributed by atoms with van der Waals surface area (Å²) in [7, 11) is 2.21. The van der Waals surface area contributed by atoms with Crippen LogP contribution in [0.4, 0.5) is 28.6 Å². The van der Waals surface area contributed by atoms with Crippen LogP contribution in [0.15, 0.2) is 73.1 Å². The molecule has 2 aromatic heterocycles. The first kappa shape index (κ1) is 24.3. The number of rotatable bonds is 6. The minimum absolute atomic E-state index is 0.0611. The molecule has 2 aliphatic heterocycles. The fourth-order valence-corrected chi connectivity index (χ4v) is 5.72. The van der Waals surface area contributed by atoms with Crippen LogP contribution >= 0.6 is 0 Å². The molecule has 10 heteroatoms. The number of nitro benzene ring substituents is 1. The lowest BCUT2D eigenvalue weighted by Crippen LogP contribution is -2.53. The maximum atomic E-state index is 11.3. The molecule has 196 valence electrons. The standard InChI is InChI=1S/C28H32N8O2/c1-31-16-12-22(13-17-31)32-18-20-33(21-19-32)25-4-2-3-5-26(25)34(23-6-8-24(9-7-23)36(37)38)28-11-14-29-27-10-15-30-35(27)28/h2-11,14-15,22H,12-13,16-21H2,1H3. The SMILES string of the molecule is CN1CCC(N2CCN(c3ccccc3N(c3ccc([N+](=O)[O-])cc3)c3ccnc4ccnn34)CC2)CC1. The van der Waals surface area contributed by atoms with Gasteiger partial charge in [-0.15, -0.1) is 0 Å². The highest BCUT2D eigenvalue weighted by Gasteiger charge is 2.28. The minimum atomic E-state index is -0.371. The van der Waals surface area contributed by atoms with E-state index in [1.54, 1.807) is 41.2 Å². The number of likely N-dealkylation sites (tertiary alicyclic amines) is 1. The summed E-state index contributed by atoms with van der Waals surface area (Å²) in [5.41, 5.74) is 3.74. The summed E-state index contributed by atoms with van der Waals surface area (Å²) in [6, 6.07) is 19.5. The molecule has 0 spiro atoms. The van der Waals surface area contributed by atoms with Gasteiger partial charge < -0.3 is 9.80 Å². The lowest BCUT2D eigenvalue weighted by molar-refractivity contribution is -0.384. The molecule has 2 aromatic carbocycles. The van der Waals surface area contributed by atoms with Crippen LogP contribution in [0.2, 0.25) is 0 Å². The summed E-state index contributed by atoms with van der Waals surface area (Å²) in [5.74, 6) is 0.811. The summed E-state index contributed by atoms with van der Waals surface area (Å²) < 4.78 is 1.80. The normalized spacial score (nSPS) is 17.7. The zero-order chi connectivity index (χ0) is 26.1. The number of non-ortho nitro benzene ring substituents is 1. The number of hydrogen-bond acceptors (Lipinski definition) is 8. The van der Waals surface area contributed by atoms with Crippen molar-refractivity contribution in [1.82, 2.24) is 24.4 Å². The van der Waals surface area contributed by atoms with E-state index in [0.29, 0.717) is 6.04 Å². The van der Waals surface area contributed by atoms with E-state index < -0.39 is 0 Å². The van der Waals surface area contributed by atoms with Crippen molar-refractivity contribution in [3.05, 3.63) is 83.2 Å². The van der Waals surface area contributed by atoms with Crippen molar-refractivity contribution in [3.8, 4) is 0 Å². The van der Waals surface area contributed by atoms with Gasteiger partial charge in [0.05, 0.1) is 22.5 Å². The summed E-state index contributed by atoms with van der Waals surface area (Å²) in [4.78, 5) is 25.1. The van der Waals surface area contributed by atoms with Gasteiger partial charge in [-0.2, -0.15) is 9.61 Å². The van der Waals surface area contributed by atoms with E-state index in [2.05, 4.69) is 54.9 Å². The number of aromatic nitrogens is 3. The van der Waals surface area contributed by atoms with Crippen LogP contribution in [-0.4, -0.2) is 81.7 Å². The molecule has 2 aliphatic rings. The molecule has 2 saturated heterocycles. The van der Waals surface area contributed by atoms with Crippen LogP contribution < -0.4 is 9.80 Å². The minimum Gasteiger partial charge on any atom is -0.367 e. The van der Waals surface area contributed by atoms with Crippen LogP contribution in [0.5, 0.6) is 0 Å². The predicted octanol–water partition coefficient (Wildman–Crippen LogP) is 4.32. The van der Waals surface area contributed by atoms with Crippen molar-refractivity contribution in [3.63, 3.8) is 0 Å². The van der Waals surface area contributed by atoms with E-state index in [1.807, 2.05) is 18.2 Å². The molecule has 10 nitrogen and oxygen atoms in total. The third-order valence-corrected chi connectivity index (χ3v) is 7.80. The Morgan fingerprint density at radius 3 is 2.37 bits per heavy atom. The van der Waals surface area contributed by atoms with Gasteiger partial charge in [0, 0.05) is 62.3 Å². The molecular formula is C28H32N8O2. The highest BCUT2D eigenvalue weighted by Crippen LogP contribution is 2.41. The van der Waals surface area contributed by atoms with Gasteiger partial charge in [-0.25, -0.2) is 4.98 Å². The Bertz CT molecular complexity index is 1410. The predicted molar refractivity (Wildman–Crippen MR) is 149 cm³/mol. The molecule has 0 atom stereocenters. The van der Waals surface area contributed by atoms with Crippen molar-refractivity contribution < 1.29 is 4.92 Å². The van der Waals surface area contributed by atoms with Gasteiger partial charge in [0.2, 0.25) is 0 Å². The van der Waals surface area contributed by atoms with Crippen LogP contribution in [0.3, 0.4) is 0 Å². The summed E-state index contributed by atoms with van der Waals surface area (Å²) in [6.07, 6.45) is 5.98. The van der Waals surface area contributed by atoms with E-state index in [-0.39, 0.29) is 10.6 Å². The van der Waals surface area contributed by atoms with Gasteiger partial charge in [0.25, 0.3) is 5.69 Å². The summed E-state index contributed by atoms with van der Waals surface area (Å²) in [6.45, 7) is 6.32. The van der Waals surface area contributed by atoms with Crippen molar-refractivity contribution >= 4 is 34.2 Å². The molecule has 0 aliphatic carbocycles. The highest BCUT2D eigenvalue weighted by atomic mass is 16.6. The van der Waals surface area contributed by atoms with E-state index >= 15 is 0 Å². The zero-order valence-corrected chi connectivity index (χ0v) is 21.6. The van der Waals surface area contributed by atoms with Gasteiger partial charge in [-0.1, -0.05) is 12.1 Å². The highest BCUT2D eigenvalue weighted by molar-refractivity contribution is 5.84. The third-order valence-electron chi connectivity index (χ3n) is 7.80. The third kappa shape index (κ3) is 4.68. The molecule has 4 aromatic rings. The Labute approximate surface area is 221 Å². The molecule has 0 radical (unpaired) electrons. The Morgan fingerprint density at radius 1 is 0.895 bits per heavy atom. The first-order valence-electron chi connectivity index (χ1n) is 13.2. The monoisotopic (exact) mass is 512 g/mol. The van der Waals surface area contributed by atoms with Gasteiger partial charge in [-0.05, 0) is 63.3 Å². The molecular weight excluding hydrogens is 480 g/mol. The fourth-order valence-electron chi connectivity index (χ4n) is 5.72. The van der Waals surface area contributed by atoms with Gasteiger partial charge in [0.15, 0.2) is 5.65 Å². The van der Waals surface area contributed by atoms with Crippen molar-refractivity contribution in [1.29, 1.82) is 0 Å². The average molecular weight is 513 g/mol. The van der Waals surface area contributed by atoms with Crippen LogP contribution in [-0.2, 0) is 0 Å². The first-order chi connectivity index (χ1) is 18.6. The topological polar surface area (TPSA) is 86.3 Å². The van der Waals surface area contributed by atoms with Crippen LogP contribution in [0.1, 0.15) is 12.8 Å². The number of piperazine rings is 1. The Balaban J connectivity index is 1.35. The van der Waals surface area contributed by atoms with Gasteiger partial charge in [-0.3, -0.25) is 19.9 Å². The molecule has 2 fully saturated rings. The molecule has 38 heavy (non-hydrogen) atoms. The average Bonchev–Trinajstić information content (AvgIpc) is 3.44. The number of anilines is 4. The van der Waals surface area contributed by atoms with E-state index in [0.717, 1.165) is 54.7 Å². The van der Waals surface area contributed by atoms with Crippen molar-refractivity contribution in [2.24, 2.45) is 0 Å². The second-order valence-corrected chi connectivity index (χ2v) is 10.1. The second kappa shape index (κ2) is 10.4. The smallest absolute Gasteiger partial charge is 0.269 e. The number of para-hydroxylation sites is 2. The van der Waals surface area contributed by atoms with Gasteiger partial charge >= 0.3 is 0 Å².